The van der Waals surface area contributed by atoms with Crippen molar-refractivity contribution in [3.8, 4) is 0 Å². The topological polar surface area (TPSA) is 43.8 Å². The Kier molecular flexibility index (Phi) is 4.67. The van der Waals surface area contributed by atoms with E-state index in [0.29, 0.717) is 18.4 Å². The van der Waals surface area contributed by atoms with Crippen LogP contribution in [0, 0.1) is 5.92 Å². The van der Waals surface area contributed by atoms with Crippen LogP contribution in [0.25, 0.3) is 0 Å². The monoisotopic (exact) mass is 263 g/mol. The van der Waals surface area contributed by atoms with E-state index in [2.05, 4.69) is 36.5 Å². The maximum absolute atomic E-state index is 6.10. The second kappa shape index (κ2) is 6.08. The molecule has 2 rings (SSSR count). The average Bonchev–Trinajstić information content (AvgIpc) is 2.88. The number of nitrogens with zero attached hydrogens (tertiary/aromatic N) is 2. The van der Waals surface area contributed by atoms with E-state index < -0.39 is 0 Å². The number of aromatic nitrogens is 2. The van der Waals surface area contributed by atoms with Crippen LogP contribution in [0.15, 0.2) is 12.5 Å². The maximum atomic E-state index is 6.10. The van der Waals surface area contributed by atoms with Crippen LogP contribution in [-0.4, -0.2) is 16.1 Å². The number of hydrogen-bond donors (Lipinski definition) is 1. The van der Waals surface area contributed by atoms with Gasteiger partial charge in [0, 0.05) is 24.4 Å². The van der Waals surface area contributed by atoms with Crippen LogP contribution in [0.1, 0.15) is 70.9 Å². The van der Waals surface area contributed by atoms with E-state index in [1.165, 1.54) is 37.8 Å². The van der Waals surface area contributed by atoms with Crippen LogP contribution in [0.3, 0.4) is 0 Å². The van der Waals surface area contributed by atoms with Crippen LogP contribution < -0.4 is 5.73 Å². The van der Waals surface area contributed by atoms with E-state index in [4.69, 9.17) is 5.73 Å². The van der Waals surface area contributed by atoms with Crippen molar-refractivity contribution in [3.63, 3.8) is 0 Å². The SMILES string of the molecule is CC(C)CC(C)(CN)n1cncc1C1CCCCC1. The minimum Gasteiger partial charge on any atom is -0.328 e. The van der Waals surface area contributed by atoms with Crippen molar-refractivity contribution in [2.24, 2.45) is 11.7 Å². The van der Waals surface area contributed by atoms with E-state index in [0.717, 1.165) is 6.42 Å². The highest BCUT2D eigenvalue weighted by Gasteiger charge is 2.30. The molecule has 1 aromatic heterocycles. The molecule has 19 heavy (non-hydrogen) atoms. The molecule has 0 spiro atoms. The zero-order chi connectivity index (χ0) is 13.9. The van der Waals surface area contributed by atoms with Gasteiger partial charge in [-0.1, -0.05) is 33.1 Å². The van der Waals surface area contributed by atoms with Crippen LogP contribution in [0.5, 0.6) is 0 Å². The van der Waals surface area contributed by atoms with Gasteiger partial charge >= 0.3 is 0 Å². The van der Waals surface area contributed by atoms with E-state index in [1.54, 1.807) is 0 Å². The molecule has 1 aliphatic carbocycles. The van der Waals surface area contributed by atoms with Gasteiger partial charge in [0.05, 0.1) is 11.9 Å². The van der Waals surface area contributed by atoms with Gasteiger partial charge in [0.1, 0.15) is 0 Å². The van der Waals surface area contributed by atoms with Crippen LogP contribution in [0.4, 0.5) is 0 Å². The molecule has 0 saturated heterocycles. The van der Waals surface area contributed by atoms with Crippen molar-refractivity contribution in [2.45, 2.75) is 70.8 Å². The molecular weight excluding hydrogens is 234 g/mol. The summed E-state index contributed by atoms with van der Waals surface area (Å²) in [7, 11) is 0. The lowest BCUT2D eigenvalue weighted by molar-refractivity contribution is 0.250. The first-order valence-electron chi connectivity index (χ1n) is 7.79. The largest absolute Gasteiger partial charge is 0.328 e. The first-order chi connectivity index (χ1) is 9.07. The van der Waals surface area contributed by atoms with E-state index in [1.807, 2.05) is 6.33 Å². The molecule has 1 aromatic rings. The lowest BCUT2D eigenvalue weighted by Crippen LogP contribution is -2.40. The number of hydrogen-bond acceptors (Lipinski definition) is 2. The predicted octanol–water partition coefficient (Wildman–Crippen LogP) is 3.65. The molecule has 3 heteroatoms. The van der Waals surface area contributed by atoms with Crippen molar-refractivity contribution in [3.05, 3.63) is 18.2 Å². The summed E-state index contributed by atoms with van der Waals surface area (Å²) in [4.78, 5) is 4.43. The van der Waals surface area contributed by atoms with Crippen molar-refractivity contribution < 1.29 is 0 Å². The molecule has 1 saturated carbocycles. The molecule has 0 radical (unpaired) electrons. The van der Waals surface area contributed by atoms with Gasteiger partial charge in [0.25, 0.3) is 0 Å². The summed E-state index contributed by atoms with van der Waals surface area (Å²) in [5.41, 5.74) is 7.52. The Morgan fingerprint density at radius 3 is 2.63 bits per heavy atom. The summed E-state index contributed by atoms with van der Waals surface area (Å²) < 4.78 is 2.38. The number of rotatable bonds is 5. The Hall–Kier alpha value is -0.830. The second-order valence-electron chi connectivity index (χ2n) is 6.82. The fraction of sp³-hybridized carbons (Fsp3) is 0.812. The van der Waals surface area contributed by atoms with Gasteiger partial charge in [-0.3, -0.25) is 0 Å². The number of nitrogens with two attached hydrogens (primary N) is 1. The minimum absolute atomic E-state index is 0.0114. The summed E-state index contributed by atoms with van der Waals surface area (Å²) in [6.07, 6.45) is 11.9. The summed E-state index contributed by atoms with van der Waals surface area (Å²) >= 11 is 0. The quantitative estimate of drug-likeness (QED) is 0.881. The Morgan fingerprint density at radius 1 is 1.37 bits per heavy atom. The van der Waals surface area contributed by atoms with E-state index in [9.17, 15) is 0 Å². The van der Waals surface area contributed by atoms with Gasteiger partial charge in [0.15, 0.2) is 0 Å². The number of imidazole rings is 1. The van der Waals surface area contributed by atoms with Gasteiger partial charge in [-0.15, -0.1) is 0 Å². The highest BCUT2D eigenvalue weighted by Crippen LogP contribution is 2.35. The lowest BCUT2D eigenvalue weighted by atomic mass is 9.85. The van der Waals surface area contributed by atoms with Gasteiger partial charge in [-0.25, -0.2) is 4.98 Å². The van der Waals surface area contributed by atoms with Crippen molar-refractivity contribution in [2.75, 3.05) is 6.54 Å². The minimum atomic E-state index is 0.0114. The van der Waals surface area contributed by atoms with Crippen LogP contribution in [-0.2, 0) is 5.54 Å². The standard InChI is InChI=1S/C16H29N3/c1-13(2)9-16(3,11-17)19-12-18-10-15(19)14-7-5-4-6-8-14/h10,12-14H,4-9,11,17H2,1-3H3. The molecule has 1 aliphatic rings. The Balaban J connectivity index is 2.25. The van der Waals surface area contributed by atoms with Gasteiger partial charge < -0.3 is 10.3 Å². The Labute approximate surface area is 117 Å². The summed E-state index contributed by atoms with van der Waals surface area (Å²) in [6, 6.07) is 0. The summed E-state index contributed by atoms with van der Waals surface area (Å²) in [5, 5.41) is 0. The fourth-order valence-electron chi connectivity index (χ4n) is 3.62. The maximum Gasteiger partial charge on any atom is 0.0953 e. The zero-order valence-corrected chi connectivity index (χ0v) is 12.7. The third kappa shape index (κ3) is 3.19. The van der Waals surface area contributed by atoms with Gasteiger partial charge in [-0.05, 0) is 32.1 Å². The molecule has 3 nitrogen and oxygen atoms in total. The summed E-state index contributed by atoms with van der Waals surface area (Å²) in [6.45, 7) is 7.50. The molecule has 0 bridgehead atoms. The van der Waals surface area contributed by atoms with Crippen LogP contribution in [0.2, 0.25) is 0 Å². The summed E-state index contributed by atoms with van der Waals surface area (Å²) in [5.74, 6) is 1.34. The van der Waals surface area contributed by atoms with Gasteiger partial charge in [-0.2, -0.15) is 0 Å². The molecule has 0 amide bonds. The van der Waals surface area contributed by atoms with Crippen molar-refractivity contribution >= 4 is 0 Å². The van der Waals surface area contributed by atoms with Crippen molar-refractivity contribution in [1.82, 2.24) is 9.55 Å². The molecule has 108 valence electrons. The van der Waals surface area contributed by atoms with E-state index in [-0.39, 0.29) is 5.54 Å². The molecule has 1 unspecified atom stereocenters. The smallest absolute Gasteiger partial charge is 0.0953 e. The molecule has 1 fully saturated rings. The van der Waals surface area contributed by atoms with Gasteiger partial charge in [0.2, 0.25) is 0 Å². The second-order valence-corrected chi connectivity index (χ2v) is 6.82. The zero-order valence-electron chi connectivity index (χ0n) is 12.7. The first kappa shape index (κ1) is 14.6. The van der Waals surface area contributed by atoms with Crippen molar-refractivity contribution in [1.29, 1.82) is 0 Å². The average molecular weight is 263 g/mol. The van der Waals surface area contributed by atoms with Crippen LogP contribution >= 0.6 is 0 Å². The Morgan fingerprint density at radius 2 is 2.05 bits per heavy atom. The first-order valence-corrected chi connectivity index (χ1v) is 7.79. The third-order valence-electron chi connectivity index (χ3n) is 4.56. The normalized spacial score (nSPS) is 20.7. The molecule has 0 aromatic carbocycles. The highest BCUT2D eigenvalue weighted by atomic mass is 15.1. The molecular formula is C16H29N3. The van der Waals surface area contributed by atoms with E-state index >= 15 is 0 Å². The highest BCUT2D eigenvalue weighted by molar-refractivity contribution is 5.11. The molecule has 1 heterocycles. The third-order valence-corrected chi connectivity index (χ3v) is 4.56. The molecule has 2 N–H and O–H groups in total. The molecule has 0 aliphatic heterocycles. The lowest BCUT2D eigenvalue weighted by Gasteiger charge is -2.35. The fourth-order valence-corrected chi connectivity index (χ4v) is 3.62. The molecule has 1 atom stereocenters. The Bertz CT molecular complexity index is 390. The predicted molar refractivity (Wildman–Crippen MR) is 80.2 cm³/mol.